The third-order valence-corrected chi connectivity index (χ3v) is 5.97. The lowest BCUT2D eigenvalue weighted by Gasteiger charge is -2.16. The molecule has 0 bridgehead atoms. The summed E-state index contributed by atoms with van der Waals surface area (Å²) in [5.74, 6) is -1.92. The van der Waals surface area contributed by atoms with Crippen LogP contribution in [0.4, 0.5) is 10.2 Å². The highest BCUT2D eigenvalue weighted by atomic mass is 32.1. The summed E-state index contributed by atoms with van der Waals surface area (Å²) >= 11 is 1.10. The Morgan fingerprint density at radius 1 is 1.38 bits per heavy atom. The maximum absolute atomic E-state index is 14.9. The number of halogens is 1. The summed E-state index contributed by atoms with van der Waals surface area (Å²) in [5.41, 5.74) is -0.558. The Hall–Kier alpha value is -4.17. The van der Waals surface area contributed by atoms with Crippen LogP contribution in [0.2, 0.25) is 0 Å². The van der Waals surface area contributed by atoms with E-state index in [9.17, 15) is 24.0 Å². The fraction of sp³-hybridized carbons (Fsp3) is 0.304. The zero-order valence-corrected chi connectivity index (χ0v) is 20.4. The third-order valence-electron chi connectivity index (χ3n) is 5.28. The van der Waals surface area contributed by atoms with Crippen molar-refractivity contribution < 1.29 is 19.0 Å². The van der Waals surface area contributed by atoms with Crippen LogP contribution >= 0.6 is 11.5 Å². The number of aromatic nitrogens is 5. The molecule has 4 aromatic rings. The van der Waals surface area contributed by atoms with Gasteiger partial charge in [-0.15, -0.1) is 0 Å². The average molecular weight is 528 g/mol. The molecule has 37 heavy (non-hydrogen) atoms. The molecule has 192 valence electrons. The molecule has 0 aliphatic carbocycles. The minimum atomic E-state index is -1.44. The highest BCUT2D eigenvalue weighted by Crippen LogP contribution is 2.22. The fourth-order valence-electron chi connectivity index (χ4n) is 3.47. The first-order valence-electron chi connectivity index (χ1n) is 11.2. The predicted octanol–water partition coefficient (Wildman–Crippen LogP) is 3.17. The second kappa shape index (κ2) is 11.7. The van der Waals surface area contributed by atoms with Gasteiger partial charge in [-0.25, -0.2) is 19.2 Å². The number of fused-ring (bicyclic) bond motifs is 1. The summed E-state index contributed by atoms with van der Waals surface area (Å²) < 4.78 is 26.2. The van der Waals surface area contributed by atoms with Gasteiger partial charge < -0.3 is 19.7 Å². The highest BCUT2D eigenvalue weighted by molar-refractivity contribution is 7.05. The zero-order valence-electron chi connectivity index (χ0n) is 19.6. The summed E-state index contributed by atoms with van der Waals surface area (Å²) in [6.45, 7) is 2.49. The number of carbonyl (C=O) groups is 1. The van der Waals surface area contributed by atoms with Crippen molar-refractivity contribution in [2.24, 2.45) is 5.18 Å². The number of pyridine rings is 3. The largest absolute Gasteiger partial charge is 0.477 e. The van der Waals surface area contributed by atoms with Crippen LogP contribution in [0.25, 0.3) is 22.4 Å². The van der Waals surface area contributed by atoms with Crippen molar-refractivity contribution in [2.75, 3.05) is 25.0 Å². The van der Waals surface area contributed by atoms with Crippen LogP contribution in [-0.4, -0.2) is 60.8 Å². The Balaban J connectivity index is 1.64. The number of nitroso groups, excluding NO2 is 1. The summed E-state index contributed by atoms with van der Waals surface area (Å²) in [6.07, 6.45) is 4.57. The fourth-order valence-corrected chi connectivity index (χ4v) is 4.13. The summed E-state index contributed by atoms with van der Waals surface area (Å²) in [6, 6.07) is 4.53. The molecule has 0 fully saturated rings. The van der Waals surface area contributed by atoms with E-state index in [-0.39, 0.29) is 42.6 Å². The van der Waals surface area contributed by atoms with Crippen LogP contribution < -0.4 is 10.7 Å². The van der Waals surface area contributed by atoms with Gasteiger partial charge in [0.25, 0.3) is 0 Å². The maximum atomic E-state index is 14.9. The molecular formula is C23H22FN7O5S. The molecule has 0 aromatic carbocycles. The first kappa shape index (κ1) is 25.9. The van der Waals surface area contributed by atoms with E-state index in [2.05, 4.69) is 29.8 Å². The standard InChI is InChI=1S/C23H22FN7O5S/c1-13(36-7-3-6-27-35)9-26-21-17(24)8-15-19(32)16(23(33)34)11-31(22(15)29-21)12-18-28-20(30-37-18)14-4-2-5-25-10-14/h2,4-5,8,10-11,13H,3,6-7,9,12H2,1H3,(H,26,29)(H,33,34). The SMILES string of the molecule is CC(CNc1nc2c(cc1F)c(=O)c(C(=O)O)cn2Cc1nc(-c2cccnc2)ns1)OCCCN=O. The molecule has 1 atom stereocenters. The number of hydrogen-bond acceptors (Lipinski definition) is 11. The van der Waals surface area contributed by atoms with Gasteiger partial charge in [0.2, 0.25) is 5.43 Å². The number of hydrogen-bond donors (Lipinski definition) is 2. The lowest BCUT2D eigenvalue weighted by atomic mass is 10.2. The minimum absolute atomic E-state index is 0.0529. The van der Waals surface area contributed by atoms with Gasteiger partial charge in [-0.1, -0.05) is 5.18 Å². The second-order valence-corrected chi connectivity index (χ2v) is 8.85. The van der Waals surface area contributed by atoms with E-state index in [1.807, 2.05) is 6.07 Å². The molecule has 0 saturated heterocycles. The van der Waals surface area contributed by atoms with Crippen LogP contribution in [0.15, 0.2) is 46.8 Å². The molecule has 0 saturated carbocycles. The van der Waals surface area contributed by atoms with Crippen molar-refractivity contribution in [1.29, 1.82) is 0 Å². The smallest absolute Gasteiger partial charge is 0.341 e. The predicted molar refractivity (Wildman–Crippen MR) is 134 cm³/mol. The molecule has 0 aliphatic heterocycles. The monoisotopic (exact) mass is 527 g/mol. The van der Waals surface area contributed by atoms with Gasteiger partial charge in [-0.2, -0.15) is 9.28 Å². The molecule has 0 radical (unpaired) electrons. The van der Waals surface area contributed by atoms with Crippen molar-refractivity contribution in [3.05, 3.63) is 68.3 Å². The molecule has 1 unspecified atom stereocenters. The maximum Gasteiger partial charge on any atom is 0.341 e. The number of anilines is 1. The molecule has 4 heterocycles. The number of nitrogens with zero attached hydrogens (tertiary/aromatic N) is 6. The molecule has 12 nitrogen and oxygen atoms in total. The minimum Gasteiger partial charge on any atom is -0.477 e. The highest BCUT2D eigenvalue weighted by Gasteiger charge is 2.20. The van der Waals surface area contributed by atoms with E-state index in [0.29, 0.717) is 29.4 Å². The van der Waals surface area contributed by atoms with Crippen molar-refractivity contribution >= 4 is 34.4 Å². The lowest BCUT2D eigenvalue weighted by molar-refractivity contribution is 0.0694. The van der Waals surface area contributed by atoms with Crippen LogP contribution in [-0.2, 0) is 11.3 Å². The van der Waals surface area contributed by atoms with E-state index in [1.54, 1.807) is 25.4 Å². The number of aromatic carboxylic acids is 1. The number of ether oxygens (including phenoxy) is 1. The quantitative estimate of drug-likeness (QED) is 0.207. The van der Waals surface area contributed by atoms with Crippen LogP contribution in [0.5, 0.6) is 0 Å². The van der Waals surface area contributed by atoms with Crippen molar-refractivity contribution in [3.8, 4) is 11.4 Å². The van der Waals surface area contributed by atoms with Gasteiger partial charge >= 0.3 is 5.97 Å². The summed E-state index contributed by atoms with van der Waals surface area (Å²) in [4.78, 5) is 47.5. The Labute approximate surface area is 213 Å². The normalized spacial score (nSPS) is 11.9. The Morgan fingerprint density at radius 2 is 2.22 bits per heavy atom. The van der Waals surface area contributed by atoms with E-state index >= 15 is 0 Å². The number of rotatable bonds is 12. The van der Waals surface area contributed by atoms with E-state index < -0.39 is 22.8 Å². The Morgan fingerprint density at radius 3 is 2.95 bits per heavy atom. The Bertz CT molecular complexity index is 1480. The van der Waals surface area contributed by atoms with Gasteiger partial charge in [0, 0.05) is 37.3 Å². The lowest BCUT2D eigenvalue weighted by Crippen LogP contribution is -2.23. The van der Waals surface area contributed by atoms with Gasteiger partial charge in [0.15, 0.2) is 17.5 Å². The van der Waals surface area contributed by atoms with Crippen molar-refractivity contribution in [1.82, 2.24) is 23.9 Å². The summed E-state index contributed by atoms with van der Waals surface area (Å²) in [5, 5.41) is 15.5. The molecule has 0 aliphatic rings. The molecule has 4 aromatic heterocycles. The van der Waals surface area contributed by atoms with Gasteiger partial charge in [-0.05, 0) is 43.1 Å². The van der Waals surface area contributed by atoms with E-state index in [1.165, 1.54) is 10.8 Å². The third kappa shape index (κ3) is 6.16. The van der Waals surface area contributed by atoms with Gasteiger partial charge in [-0.3, -0.25) is 9.78 Å². The molecule has 0 spiro atoms. The molecule has 2 N–H and O–H groups in total. The average Bonchev–Trinajstić information content (AvgIpc) is 3.36. The van der Waals surface area contributed by atoms with Crippen LogP contribution in [0.1, 0.15) is 28.7 Å². The van der Waals surface area contributed by atoms with Crippen molar-refractivity contribution in [3.63, 3.8) is 0 Å². The molecule has 4 rings (SSSR count). The van der Waals surface area contributed by atoms with Crippen LogP contribution in [0.3, 0.4) is 0 Å². The molecular weight excluding hydrogens is 505 g/mol. The first-order valence-corrected chi connectivity index (χ1v) is 12.0. The van der Waals surface area contributed by atoms with Crippen LogP contribution in [0, 0.1) is 10.7 Å². The van der Waals surface area contributed by atoms with Crippen molar-refractivity contribution in [2.45, 2.75) is 26.0 Å². The summed E-state index contributed by atoms with van der Waals surface area (Å²) in [7, 11) is 0. The second-order valence-electron chi connectivity index (χ2n) is 8.02. The number of carboxylic acids is 1. The van der Waals surface area contributed by atoms with Gasteiger partial charge in [0.05, 0.1) is 24.6 Å². The van der Waals surface area contributed by atoms with Gasteiger partial charge in [0.1, 0.15) is 16.2 Å². The number of nitrogens with one attached hydrogen (secondary N) is 1. The molecule has 14 heteroatoms. The first-order chi connectivity index (χ1) is 17.9. The Kier molecular flexibility index (Phi) is 8.20. The zero-order chi connectivity index (χ0) is 26.4. The van der Waals surface area contributed by atoms with E-state index in [0.717, 1.165) is 17.6 Å². The topological polar surface area (TPSA) is 162 Å². The number of carboxylic acid groups (broad SMARTS) is 1. The van der Waals surface area contributed by atoms with E-state index in [4.69, 9.17) is 4.74 Å². The molecule has 0 amide bonds.